The summed E-state index contributed by atoms with van der Waals surface area (Å²) in [5.41, 5.74) is 15.3. The van der Waals surface area contributed by atoms with Gasteiger partial charge < -0.3 is 13.9 Å². The summed E-state index contributed by atoms with van der Waals surface area (Å²) in [5, 5.41) is 7.15. The molecule has 0 aliphatic rings. The van der Waals surface area contributed by atoms with Crippen molar-refractivity contribution in [2.45, 2.75) is 0 Å². The fourth-order valence-electron chi connectivity index (χ4n) is 9.35. The zero-order valence-corrected chi connectivity index (χ0v) is 33.2. The molecule has 0 saturated heterocycles. The Kier molecular flexibility index (Phi) is 8.17. The lowest BCUT2D eigenvalue weighted by molar-refractivity contribution is 0.669. The predicted molar refractivity (Wildman–Crippen MR) is 257 cm³/mol. The normalized spacial score (nSPS) is 11.6. The van der Waals surface area contributed by atoms with Gasteiger partial charge >= 0.3 is 0 Å². The summed E-state index contributed by atoms with van der Waals surface area (Å²) < 4.78 is 9.11. The van der Waals surface area contributed by atoms with Crippen molar-refractivity contribution in [3.8, 4) is 39.1 Å². The van der Waals surface area contributed by atoms with E-state index in [0.29, 0.717) is 0 Å². The summed E-state index contributed by atoms with van der Waals surface area (Å²) in [5.74, 6) is 0. The van der Waals surface area contributed by atoms with Gasteiger partial charge in [-0.15, -0.1) is 0 Å². The monoisotopic (exact) mass is 778 g/mol. The number of rotatable bonds is 7. The number of fused-ring (bicyclic) bond motifs is 7. The summed E-state index contributed by atoms with van der Waals surface area (Å²) in [7, 11) is 0. The van der Waals surface area contributed by atoms with Crippen LogP contribution in [0.4, 0.5) is 17.1 Å². The van der Waals surface area contributed by atoms with E-state index < -0.39 is 0 Å². The van der Waals surface area contributed by atoms with Gasteiger partial charge in [-0.2, -0.15) is 0 Å². The van der Waals surface area contributed by atoms with E-state index in [2.05, 4.69) is 234 Å². The van der Waals surface area contributed by atoms with E-state index in [-0.39, 0.29) is 0 Å². The molecule has 286 valence electrons. The molecule has 0 aliphatic heterocycles. The molecule has 0 aliphatic carbocycles. The Morgan fingerprint density at radius 2 is 0.918 bits per heavy atom. The van der Waals surface area contributed by atoms with Crippen LogP contribution in [-0.4, -0.2) is 4.57 Å². The lowest BCUT2D eigenvalue weighted by Crippen LogP contribution is -2.11. The smallest absolute Gasteiger partial charge is 0.159 e. The van der Waals surface area contributed by atoms with Gasteiger partial charge in [0, 0.05) is 38.4 Å². The van der Waals surface area contributed by atoms with Crippen LogP contribution in [0.2, 0.25) is 0 Å². The number of benzene rings is 10. The van der Waals surface area contributed by atoms with Crippen molar-refractivity contribution in [1.82, 2.24) is 4.57 Å². The molecule has 0 atom stereocenters. The Labute approximate surface area is 353 Å². The first kappa shape index (κ1) is 34.9. The van der Waals surface area contributed by atoms with E-state index in [4.69, 9.17) is 4.42 Å². The fourth-order valence-corrected chi connectivity index (χ4v) is 9.35. The van der Waals surface area contributed by atoms with Gasteiger partial charge in [-0.25, -0.2) is 0 Å². The molecule has 0 N–H and O–H groups in total. The molecule has 0 bridgehead atoms. The summed E-state index contributed by atoms with van der Waals surface area (Å²) in [6, 6.07) is 82.9. The number of aromatic nitrogens is 1. The largest absolute Gasteiger partial charge is 0.454 e. The summed E-state index contributed by atoms with van der Waals surface area (Å²) in [6.45, 7) is 0. The van der Waals surface area contributed by atoms with Crippen LogP contribution >= 0.6 is 0 Å². The maximum atomic E-state index is 6.70. The van der Waals surface area contributed by atoms with Crippen molar-refractivity contribution in [1.29, 1.82) is 0 Å². The molecular formula is C58H38N2O. The standard InChI is InChI=1S/C58H38N2O/c1-2-16-41-38-44(32-31-39(41)15-1)47-20-3-8-25-52(47)59(56-29-14-24-51-50-23-7-12-30-57(50)61-58(51)56)45-35-33-40(34-36-45)42-17-13-18-43(37-42)46-19-4-9-26-53(46)60-54-27-10-5-21-48(54)49-22-6-11-28-55(49)60/h1-38H. The van der Waals surface area contributed by atoms with E-state index in [9.17, 15) is 0 Å². The molecule has 0 spiro atoms. The zero-order chi connectivity index (χ0) is 40.3. The number of hydrogen-bond donors (Lipinski definition) is 0. The molecule has 3 heteroatoms. The summed E-state index contributed by atoms with van der Waals surface area (Å²) >= 11 is 0. The molecule has 2 heterocycles. The van der Waals surface area contributed by atoms with Gasteiger partial charge in [0.2, 0.25) is 0 Å². The third kappa shape index (κ3) is 5.82. The first-order valence-electron chi connectivity index (χ1n) is 20.8. The lowest BCUT2D eigenvalue weighted by atomic mass is 9.97. The average Bonchev–Trinajstić information content (AvgIpc) is 3.88. The second-order valence-corrected chi connectivity index (χ2v) is 15.7. The van der Waals surface area contributed by atoms with Gasteiger partial charge in [-0.05, 0) is 93.7 Å². The minimum absolute atomic E-state index is 0.857. The molecule has 0 saturated carbocycles. The SMILES string of the molecule is c1cc(-c2ccc(N(c3ccccc3-c3ccc4ccccc4c3)c3cccc4c3oc3ccccc34)cc2)cc(-c2ccccc2-n2c3ccccc3c3ccccc32)c1. The highest BCUT2D eigenvalue weighted by molar-refractivity contribution is 6.11. The number of furan rings is 1. The molecule has 0 unspecified atom stereocenters. The molecule has 12 rings (SSSR count). The molecule has 10 aromatic carbocycles. The molecule has 61 heavy (non-hydrogen) atoms. The van der Waals surface area contributed by atoms with Gasteiger partial charge in [0.15, 0.2) is 5.58 Å². The highest BCUT2D eigenvalue weighted by Crippen LogP contribution is 2.46. The molecule has 0 amide bonds. The van der Waals surface area contributed by atoms with E-state index in [1.165, 1.54) is 43.7 Å². The Morgan fingerprint density at radius 1 is 0.344 bits per heavy atom. The number of para-hydroxylation sites is 6. The van der Waals surface area contributed by atoms with E-state index in [0.717, 1.165) is 66.9 Å². The van der Waals surface area contributed by atoms with Crippen molar-refractivity contribution in [3.05, 3.63) is 231 Å². The number of hydrogen-bond acceptors (Lipinski definition) is 2. The number of anilines is 3. The molecule has 0 radical (unpaired) electrons. The van der Waals surface area contributed by atoms with Crippen LogP contribution in [0.15, 0.2) is 235 Å². The average molecular weight is 779 g/mol. The van der Waals surface area contributed by atoms with Crippen molar-refractivity contribution in [2.75, 3.05) is 4.90 Å². The second kappa shape index (κ2) is 14.3. The third-order valence-corrected chi connectivity index (χ3v) is 12.2. The van der Waals surface area contributed by atoms with Crippen LogP contribution in [-0.2, 0) is 0 Å². The minimum atomic E-state index is 0.857. The maximum Gasteiger partial charge on any atom is 0.159 e. The number of nitrogens with zero attached hydrogens (tertiary/aromatic N) is 2. The topological polar surface area (TPSA) is 21.3 Å². The van der Waals surface area contributed by atoms with Crippen LogP contribution in [0.5, 0.6) is 0 Å². The first-order chi connectivity index (χ1) is 30.3. The van der Waals surface area contributed by atoms with Crippen molar-refractivity contribution in [2.24, 2.45) is 0 Å². The first-order valence-corrected chi connectivity index (χ1v) is 20.8. The highest BCUT2D eigenvalue weighted by atomic mass is 16.3. The van der Waals surface area contributed by atoms with Crippen LogP contribution in [0.25, 0.3) is 93.6 Å². The van der Waals surface area contributed by atoms with Crippen LogP contribution < -0.4 is 4.90 Å². The van der Waals surface area contributed by atoms with Gasteiger partial charge in [-0.1, -0.05) is 170 Å². The fraction of sp³-hybridized carbons (Fsp3) is 0. The van der Waals surface area contributed by atoms with Gasteiger partial charge in [0.05, 0.1) is 28.1 Å². The van der Waals surface area contributed by atoms with Crippen molar-refractivity contribution >= 4 is 71.6 Å². The van der Waals surface area contributed by atoms with E-state index in [1.54, 1.807) is 0 Å². The Balaban J connectivity index is 0.986. The van der Waals surface area contributed by atoms with Crippen LogP contribution in [0, 0.1) is 0 Å². The third-order valence-electron chi connectivity index (χ3n) is 12.2. The van der Waals surface area contributed by atoms with Gasteiger partial charge in [0.1, 0.15) is 5.58 Å². The Morgan fingerprint density at radius 3 is 1.74 bits per heavy atom. The lowest BCUT2D eigenvalue weighted by Gasteiger charge is -2.28. The van der Waals surface area contributed by atoms with Crippen molar-refractivity contribution in [3.63, 3.8) is 0 Å². The summed E-state index contributed by atoms with van der Waals surface area (Å²) in [4.78, 5) is 2.36. The van der Waals surface area contributed by atoms with Gasteiger partial charge in [0.25, 0.3) is 0 Å². The van der Waals surface area contributed by atoms with E-state index >= 15 is 0 Å². The Bertz CT molecular complexity index is 3560. The predicted octanol–water partition coefficient (Wildman–Crippen LogP) is 16.3. The van der Waals surface area contributed by atoms with Crippen molar-refractivity contribution < 1.29 is 4.42 Å². The van der Waals surface area contributed by atoms with Crippen LogP contribution in [0.1, 0.15) is 0 Å². The molecule has 12 aromatic rings. The summed E-state index contributed by atoms with van der Waals surface area (Å²) in [6.07, 6.45) is 0. The second-order valence-electron chi connectivity index (χ2n) is 15.7. The molecule has 0 fully saturated rings. The zero-order valence-electron chi connectivity index (χ0n) is 33.2. The molecular weight excluding hydrogens is 741 g/mol. The minimum Gasteiger partial charge on any atom is -0.454 e. The Hall–Kier alpha value is -8.14. The van der Waals surface area contributed by atoms with Crippen LogP contribution in [0.3, 0.4) is 0 Å². The highest BCUT2D eigenvalue weighted by Gasteiger charge is 2.22. The maximum absolute atomic E-state index is 6.70. The quantitative estimate of drug-likeness (QED) is 0.161. The molecule has 2 aromatic heterocycles. The van der Waals surface area contributed by atoms with E-state index in [1.807, 2.05) is 6.07 Å². The van der Waals surface area contributed by atoms with Gasteiger partial charge in [-0.3, -0.25) is 0 Å². The molecule has 3 nitrogen and oxygen atoms in total.